The van der Waals surface area contributed by atoms with Gasteiger partial charge in [-0.3, -0.25) is 4.79 Å². The summed E-state index contributed by atoms with van der Waals surface area (Å²) in [6.45, 7) is 2.81. The van der Waals surface area contributed by atoms with Crippen LogP contribution in [0.15, 0.2) is 42.0 Å². The molecular weight excluding hydrogens is 388 g/mol. The Hall–Kier alpha value is -3.99. The Labute approximate surface area is 173 Å². The molecule has 30 heavy (non-hydrogen) atoms. The van der Waals surface area contributed by atoms with Crippen LogP contribution < -0.4 is 19.5 Å². The molecule has 2 aromatic carbocycles. The Morgan fingerprint density at radius 2 is 1.93 bits per heavy atom. The first-order chi connectivity index (χ1) is 14.5. The summed E-state index contributed by atoms with van der Waals surface area (Å²) in [4.78, 5) is 24.2. The van der Waals surface area contributed by atoms with Crippen molar-refractivity contribution in [1.82, 2.24) is 0 Å². The maximum atomic E-state index is 12.5. The number of benzene rings is 2. The monoisotopic (exact) mass is 408 g/mol. The lowest BCUT2D eigenvalue weighted by atomic mass is 10.1. The topological polar surface area (TPSA) is 107 Å². The van der Waals surface area contributed by atoms with E-state index in [2.05, 4.69) is 5.32 Å². The number of rotatable bonds is 6. The molecule has 0 bridgehead atoms. The summed E-state index contributed by atoms with van der Waals surface area (Å²) in [5.41, 5.74) is 1.26. The second-order valence-corrected chi connectivity index (χ2v) is 6.17. The standard InChI is InChI=1S/C22H20N2O6/c1-3-28-22(26)15-4-6-17(7-5-15)24-21(25)16(13-23)10-14-11-18(27-2)20-19(12-14)29-8-9-30-20/h4-7,10-12H,3,8-9H2,1-2H3,(H,24,25)/b16-10+. The van der Waals surface area contributed by atoms with Crippen LogP contribution >= 0.6 is 0 Å². The van der Waals surface area contributed by atoms with Gasteiger partial charge < -0.3 is 24.3 Å². The third kappa shape index (κ3) is 4.70. The van der Waals surface area contributed by atoms with E-state index < -0.39 is 11.9 Å². The van der Waals surface area contributed by atoms with E-state index in [4.69, 9.17) is 18.9 Å². The number of hydrogen-bond donors (Lipinski definition) is 1. The fraction of sp³-hybridized carbons (Fsp3) is 0.227. The predicted molar refractivity (Wildman–Crippen MR) is 109 cm³/mol. The van der Waals surface area contributed by atoms with Crippen LogP contribution in [0.4, 0.5) is 5.69 Å². The van der Waals surface area contributed by atoms with Crippen LogP contribution in [0.5, 0.6) is 17.2 Å². The third-order valence-electron chi connectivity index (χ3n) is 4.18. The highest BCUT2D eigenvalue weighted by molar-refractivity contribution is 6.09. The Morgan fingerprint density at radius 3 is 2.60 bits per heavy atom. The molecule has 1 amide bonds. The van der Waals surface area contributed by atoms with Gasteiger partial charge in [-0.25, -0.2) is 4.79 Å². The first kappa shape index (κ1) is 20.7. The number of nitrogens with one attached hydrogen (secondary N) is 1. The number of fused-ring (bicyclic) bond motifs is 1. The van der Waals surface area contributed by atoms with Gasteiger partial charge in [-0.05, 0) is 55.0 Å². The van der Waals surface area contributed by atoms with Crippen LogP contribution in [0, 0.1) is 11.3 Å². The van der Waals surface area contributed by atoms with E-state index in [-0.39, 0.29) is 12.2 Å². The maximum Gasteiger partial charge on any atom is 0.338 e. The molecular formula is C22H20N2O6. The number of nitrogens with zero attached hydrogens (tertiary/aromatic N) is 1. The van der Waals surface area contributed by atoms with Gasteiger partial charge in [0.25, 0.3) is 5.91 Å². The number of carbonyl (C=O) groups excluding carboxylic acids is 2. The highest BCUT2D eigenvalue weighted by Gasteiger charge is 2.19. The minimum absolute atomic E-state index is 0.108. The van der Waals surface area contributed by atoms with Gasteiger partial charge in [-0.15, -0.1) is 0 Å². The van der Waals surface area contributed by atoms with Gasteiger partial charge >= 0.3 is 5.97 Å². The summed E-state index contributed by atoms with van der Waals surface area (Å²) in [7, 11) is 1.50. The Bertz CT molecular complexity index is 1000. The number of nitriles is 1. The Kier molecular flexibility index (Phi) is 6.55. The highest BCUT2D eigenvalue weighted by atomic mass is 16.6. The summed E-state index contributed by atoms with van der Waals surface area (Å²) in [5, 5.41) is 12.1. The fourth-order valence-electron chi connectivity index (χ4n) is 2.79. The van der Waals surface area contributed by atoms with Crippen LogP contribution in [0.2, 0.25) is 0 Å². The maximum absolute atomic E-state index is 12.5. The van der Waals surface area contributed by atoms with E-state index in [9.17, 15) is 14.9 Å². The number of ether oxygens (including phenoxy) is 4. The smallest absolute Gasteiger partial charge is 0.338 e. The number of anilines is 1. The van der Waals surface area contributed by atoms with E-state index in [1.807, 2.05) is 6.07 Å². The van der Waals surface area contributed by atoms with E-state index in [0.29, 0.717) is 47.3 Å². The lowest BCUT2D eigenvalue weighted by Gasteiger charge is -2.21. The summed E-state index contributed by atoms with van der Waals surface area (Å²) in [5.74, 6) is 0.395. The van der Waals surface area contributed by atoms with Gasteiger partial charge in [0.05, 0.1) is 19.3 Å². The van der Waals surface area contributed by atoms with E-state index >= 15 is 0 Å². The minimum atomic E-state index is -0.588. The molecule has 0 spiro atoms. The molecule has 3 rings (SSSR count). The van der Waals surface area contributed by atoms with Gasteiger partial charge in [0.2, 0.25) is 5.75 Å². The minimum Gasteiger partial charge on any atom is -0.493 e. The summed E-state index contributed by atoms with van der Waals surface area (Å²) >= 11 is 0. The molecule has 0 radical (unpaired) electrons. The van der Waals surface area contributed by atoms with E-state index in [1.54, 1.807) is 31.2 Å². The van der Waals surface area contributed by atoms with Gasteiger partial charge in [0.15, 0.2) is 11.5 Å². The summed E-state index contributed by atoms with van der Waals surface area (Å²) < 4.78 is 21.4. The van der Waals surface area contributed by atoms with Crippen molar-refractivity contribution < 1.29 is 28.5 Å². The lowest BCUT2D eigenvalue weighted by Crippen LogP contribution is -2.16. The fourth-order valence-corrected chi connectivity index (χ4v) is 2.79. The predicted octanol–water partition coefficient (Wildman–Crippen LogP) is 3.19. The number of hydrogen-bond acceptors (Lipinski definition) is 7. The second-order valence-electron chi connectivity index (χ2n) is 6.17. The first-order valence-corrected chi connectivity index (χ1v) is 9.23. The molecule has 154 valence electrons. The van der Waals surface area contributed by atoms with Crippen molar-refractivity contribution in [1.29, 1.82) is 5.26 Å². The Morgan fingerprint density at radius 1 is 1.20 bits per heavy atom. The highest BCUT2D eigenvalue weighted by Crippen LogP contribution is 2.40. The number of esters is 1. The molecule has 2 aromatic rings. The van der Waals surface area contributed by atoms with Gasteiger partial charge in [0.1, 0.15) is 24.9 Å². The SMILES string of the molecule is CCOC(=O)c1ccc(NC(=O)/C(C#N)=C/c2cc(OC)c3c(c2)OCCO3)cc1. The van der Waals surface area contributed by atoms with Gasteiger partial charge in [0, 0.05) is 5.69 Å². The summed E-state index contributed by atoms with van der Waals surface area (Å²) in [6, 6.07) is 11.4. The molecule has 8 heteroatoms. The normalized spacial score (nSPS) is 12.5. The average Bonchev–Trinajstić information content (AvgIpc) is 2.77. The van der Waals surface area contributed by atoms with Crippen LogP contribution in [0.3, 0.4) is 0 Å². The van der Waals surface area contributed by atoms with Crippen LogP contribution in [0.25, 0.3) is 6.08 Å². The molecule has 1 aliphatic rings. The molecule has 1 N–H and O–H groups in total. The van der Waals surface area contributed by atoms with Gasteiger partial charge in [-0.1, -0.05) is 0 Å². The summed E-state index contributed by atoms with van der Waals surface area (Å²) in [6.07, 6.45) is 1.43. The molecule has 0 unspecified atom stereocenters. The average molecular weight is 408 g/mol. The molecule has 0 fully saturated rings. The molecule has 0 saturated heterocycles. The zero-order valence-electron chi connectivity index (χ0n) is 16.6. The third-order valence-corrected chi connectivity index (χ3v) is 4.18. The van der Waals surface area contributed by atoms with Crippen molar-refractivity contribution in [2.45, 2.75) is 6.92 Å². The van der Waals surface area contributed by atoms with Crippen molar-refractivity contribution in [2.24, 2.45) is 0 Å². The first-order valence-electron chi connectivity index (χ1n) is 9.23. The largest absolute Gasteiger partial charge is 0.493 e. The number of carbonyl (C=O) groups is 2. The molecule has 0 aliphatic carbocycles. The second kappa shape index (κ2) is 9.47. The number of amides is 1. The van der Waals surface area contributed by atoms with E-state index in [1.165, 1.54) is 25.3 Å². The molecule has 8 nitrogen and oxygen atoms in total. The lowest BCUT2D eigenvalue weighted by molar-refractivity contribution is -0.112. The molecule has 0 saturated carbocycles. The van der Waals surface area contributed by atoms with Crippen molar-refractivity contribution in [3.8, 4) is 23.3 Å². The zero-order chi connectivity index (χ0) is 21.5. The molecule has 0 aromatic heterocycles. The van der Waals surface area contributed by atoms with Crippen molar-refractivity contribution in [3.63, 3.8) is 0 Å². The Balaban J connectivity index is 1.79. The number of methoxy groups -OCH3 is 1. The van der Waals surface area contributed by atoms with Crippen LogP contribution in [-0.4, -0.2) is 38.8 Å². The van der Waals surface area contributed by atoms with Crippen molar-refractivity contribution in [3.05, 3.63) is 53.1 Å². The van der Waals surface area contributed by atoms with Crippen LogP contribution in [-0.2, 0) is 9.53 Å². The van der Waals surface area contributed by atoms with Crippen LogP contribution in [0.1, 0.15) is 22.8 Å². The molecule has 0 atom stereocenters. The van der Waals surface area contributed by atoms with E-state index in [0.717, 1.165) is 0 Å². The molecule has 1 heterocycles. The zero-order valence-corrected chi connectivity index (χ0v) is 16.6. The van der Waals surface area contributed by atoms with Crippen molar-refractivity contribution >= 4 is 23.6 Å². The quantitative estimate of drug-likeness (QED) is 0.444. The van der Waals surface area contributed by atoms with Gasteiger partial charge in [-0.2, -0.15) is 5.26 Å². The van der Waals surface area contributed by atoms with Crippen molar-refractivity contribution in [2.75, 3.05) is 32.2 Å². The molecule has 1 aliphatic heterocycles.